The van der Waals surface area contributed by atoms with Crippen molar-refractivity contribution in [3.8, 4) is 0 Å². The third-order valence-electron chi connectivity index (χ3n) is 1.97. The number of sulfonamides is 1. The highest BCUT2D eigenvalue weighted by atomic mass is 79.9. The van der Waals surface area contributed by atoms with Gasteiger partial charge in [-0.25, -0.2) is 13.1 Å². The van der Waals surface area contributed by atoms with Crippen molar-refractivity contribution < 1.29 is 13.2 Å². The van der Waals surface area contributed by atoms with Gasteiger partial charge in [-0.3, -0.25) is 4.98 Å². The van der Waals surface area contributed by atoms with Gasteiger partial charge in [-0.05, 0) is 28.4 Å². The fourth-order valence-corrected chi connectivity index (χ4v) is 2.97. The molecule has 0 aliphatic carbocycles. The van der Waals surface area contributed by atoms with Gasteiger partial charge < -0.3 is 4.74 Å². The molecule has 8 heteroatoms. The van der Waals surface area contributed by atoms with Gasteiger partial charge in [-0.2, -0.15) is 0 Å². The summed E-state index contributed by atoms with van der Waals surface area (Å²) in [6, 6.07) is 1.51. The number of nitrogens with one attached hydrogen (secondary N) is 1. The largest absolute Gasteiger partial charge is 0.381 e. The smallest absolute Gasteiger partial charge is 0.242 e. The lowest BCUT2D eigenvalue weighted by Gasteiger charge is -2.06. The number of hydrogen-bond donors (Lipinski definition) is 1. The molecule has 0 radical (unpaired) electrons. The Morgan fingerprint density at radius 1 is 1.33 bits per heavy atom. The zero-order valence-corrected chi connectivity index (χ0v) is 13.6. The molecule has 1 aromatic rings. The molecule has 1 rings (SSSR count). The maximum atomic E-state index is 11.9. The first-order valence-electron chi connectivity index (χ1n) is 5.30. The molecule has 0 bridgehead atoms. The second-order valence-corrected chi connectivity index (χ2v) is 6.87. The van der Waals surface area contributed by atoms with Crippen molar-refractivity contribution in [1.29, 1.82) is 0 Å². The molecule has 0 unspecified atom stereocenters. The van der Waals surface area contributed by atoms with Crippen LogP contribution in [0.5, 0.6) is 0 Å². The average Bonchev–Trinajstić information content (AvgIpc) is 2.33. The van der Waals surface area contributed by atoms with Crippen molar-refractivity contribution in [3.05, 3.63) is 22.9 Å². The van der Waals surface area contributed by atoms with E-state index < -0.39 is 10.0 Å². The topological polar surface area (TPSA) is 68.3 Å². The van der Waals surface area contributed by atoms with E-state index in [1.165, 1.54) is 18.5 Å². The summed E-state index contributed by atoms with van der Waals surface area (Å²) in [5.74, 6) is 0. The Bertz CT molecular complexity index is 468. The van der Waals surface area contributed by atoms with E-state index in [0.29, 0.717) is 30.7 Å². The van der Waals surface area contributed by atoms with E-state index in [-0.39, 0.29) is 4.90 Å². The number of alkyl halides is 1. The minimum atomic E-state index is -3.48. The zero-order valence-electron chi connectivity index (χ0n) is 9.60. The third-order valence-corrected chi connectivity index (χ3v) is 4.15. The van der Waals surface area contributed by atoms with Crippen molar-refractivity contribution in [3.63, 3.8) is 0 Å². The highest BCUT2D eigenvalue weighted by molar-refractivity contribution is 9.10. The van der Waals surface area contributed by atoms with Crippen molar-refractivity contribution >= 4 is 41.9 Å². The highest BCUT2D eigenvalue weighted by Gasteiger charge is 2.13. The Labute approximate surface area is 124 Å². The molecular formula is C10H14Br2N2O3S. The molecule has 0 aliphatic rings. The van der Waals surface area contributed by atoms with Crippen LogP contribution in [0.1, 0.15) is 6.42 Å². The van der Waals surface area contributed by atoms with Gasteiger partial charge in [0.05, 0.1) is 6.61 Å². The first kappa shape index (κ1) is 16.0. The molecule has 0 aromatic carbocycles. The zero-order chi connectivity index (χ0) is 13.4. The molecular weight excluding hydrogens is 388 g/mol. The Hall–Kier alpha value is -0.0200. The van der Waals surface area contributed by atoms with E-state index >= 15 is 0 Å². The van der Waals surface area contributed by atoms with Crippen LogP contribution >= 0.6 is 31.9 Å². The number of halogens is 2. The molecule has 0 fully saturated rings. The lowest BCUT2D eigenvalue weighted by atomic mass is 10.5. The molecule has 0 saturated carbocycles. The predicted molar refractivity (Wildman–Crippen MR) is 76.4 cm³/mol. The van der Waals surface area contributed by atoms with Crippen LogP contribution < -0.4 is 4.72 Å². The van der Waals surface area contributed by atoms with E-state index in [1.54, 1.807) is 0 Å². The fraction of sp³-hybridized carbons (Fsp3) is 0.500. The molecule has 0 atom stereocenters. The van der Waals surface area contributed by atoms with Gasteiger partial charge >= 0.3 is 0 Å². The summed E-state index contributed by atoms with van der Waals surface area (Å²) in [5, 5.41) is 0.780. The van der Waals surface area contributed by atoms with Crippen molar-refractivity contribution in [2.75, 3.05) is 25.1 Å². The number of nitrogens with zero attached hydrogens (tertiary/aromatic N) is 1. The maximum absolute atomic E-state index is 11.9. The van der Waals surface area contributed by atoms with Gasteiger partial charge in [-0.15, -0.1) is 0 Å². The average molecular weight is 402 g/mol. The normalized spacial score (nSPS) is 11.7. The molecule has 1 heterocycles. The minimum Gasteiger partial charge on any atom is -0.381 e. The number of pyridine rings is 1. The Kier molecular flexibility index (Phi) is 7.31. The highest BCUT2D eigenvalue weighted by Crippen LogP contribution is 2.13. The van der Waals surface area contributed by atoms with Crippen LogP contribution in [0.3, 0.4) is 0 Å². The van der Waals surface area contributed by atoms with Crippen molar-refractivity contribution in [2.45, 2.75) is 11.3 Å². The summed E-state index contributed by atoms with van der Waals surface area (Å²) >= 11 is 6.43. The molecule has 0 saturated heterocycles. The third kappa shape index (κ3) is 5.75. The van der Waals surface area contributed by atoms with Crippen LogP contribution in [-0.2, 0) is 14.8 Å². The van der Waals surface area contributed by atoms with Crippen molar-refractivity contribution in [2.24, 2.45) is 0 Å². The minimum absolute atomic E-state index is 0.151. The molecule has 1 aromatic heterocycles. The summed E-state index contributed by atoms with van der Waals surface area (Å²) in [6.45, 7) is 1.50. The van der Waals surface area contributed by atoms with Crippen molar-refractivity contribution in [1.82, 2.24) is 9.71 Å². The molecule has 0 aliphatic heterocycles. The number of ether oxygens (including phenoxy) is 1. The van der Waals surface area contributed by atoms with Gasteiger partial charge in [0.1, 0.15) is 4.90 Å². The maximum Gasteiger partial charge on any atom is 0.242 e. The summed E-state index contributed by atoms with van der Waals surface area (Å²) in [4.78, 5) is 3.97. The lowest BCUT2D eigenvalue weighted by molar-refractivity contribution is 0.149. The number of aromatic nitrogens is 1. The predicted octanol–water partition coefficient (Wildman–Crippen LogP) is 1.92. The molecule has 1 N–H and O–H groups in total. The molecule has 18 heavy (non-hydrogen) atoms. The van der Waals surface area contributed by atoms with E-state index in [9.17, 15) is 8.42 Å². The fourth-order valence-electron chi connectivity index (χ4n) is 1.16. The van der Waals surface area contributed by atoms with E-state index in [4.69, 9.17) is 4.74 Å². The summed E-state index contributed by atoms with van der Waals surface area (Å²) in [5.41, 5.74) is 0. The number of hydrogen-bond acceptors (Lipinski definition) is 4. The van der Waals surface area contributed by atoms with Crippen LogP contribution in [0, 0.1) is 0 Å². The molecule has 5 nitrogen and oxygen atoms in total. The van der Waals surface area contributed by atoms with Gasteiger partial charge in [-0.1, -0.05) is 15.9 Å². The Morgan fingerprint density at radius 2 is 2.11 bits per heavy atom. The molecule has 0 amide bonds. The SMILES string of the molecule is O=S(=O)(NCCCOCCBr)c1cncc(Br)c1. The summed E-state index contributed by atoms with van der Waals surface area (Å²) < 4.78 is 32.1. The van der Waals surface area contributed by atoms with E-state index in [2.05, 4.69) is 41.6 Å². The van der Waals surface area contributed by atoms with Gasteiger partial charge in [0.15, 0.2) is 0 Å². The van der Waals surface area contributed by atoms with Gasteiger partial charge in [0.25, 0.3) is 0 Å². The van der Waals surface area contributed by atoms with Gasteiger partial charge in [0.2, 0.25) is 10.0 Å². The quantitative estimate of drug-likeness (QED) is 0.533. The number of rotatable bonds is 8. The van der Waals surface area contributed by atoms with Gasteiger partial charge in [0, 0.05) is 35.3 Å². The van der Waals surface area contributed by atoms with Crippen LogP contribution in [-0.4, -0.2) is 38.5 Å². The van der Waals surface area contributed by atoms with E-state index in [0.717, 1.165) is 5.33 Å². The van der Waals surface area contributed by atoms with Crippen LogP contribution in [0.2, 0.25) is 0 Å². The second kappa shape index (κ2) is 8.21. The second-order valence-electron chi connectivity index (χ2n) is 3.39. The van der Waals surface area contributed by atoms with Crippen LogP contribution in [0.4, 0.5) is 0 Å². The van der Waals surface area contributed by atoms with Crippen LogP contribution in [0.25, 0.3) is 0 Å². The first-order chi connectivity index (χ1) is 8.56. The monoisotopic (exact) mass is 400 g/mol. The lowest BCUT2D eigenvalue weighted by Crippen LogP contribution is -2.25. The standard InChI is InChI=1S/C10H14Br2N2O3S/c11-2-5-17-4-1-3-14-18(15,16)10-6-9(12)7-13-8-10/h6-8,14H,1-5H2. The Morgan fingerprint density at radius 3 is 2.78 bits per heavy atom. The summed E-state index contributed by atoms with van der Waals surface area (Å²) in [7, 11) is -3.48. The molecule has 0 spiro atoms. The molecule has 102 valence electrons. The first-order valence-corrected chi connectivity index (χ1v) is 8.70. The van der Waals surface area contributed by atoms with E-state index in [1.807, 2.05) is 0 Å². The van der Waals surface area contributed by atoms with Crippen LogP contribution in [0.15, 0.2) is 27.8 Å². The Balaban J connectivity index is 2.41. The summed E-state index contributed by atoms with van der Waals surface area (Å²) in [6.07, 6.45) is 3.48.